The van der Waals surface area contributed by atoms with Crippen molar-refractivity contribution in [2.75, 3.05) is 45.9 Å². The highest BCUT2D eigenvalue weighted by Gasteiger charge is 2.51. The van der Waals surface area contributed by atoms with Crippen molar-refractivity contribution in [2.24, 2.45) is 11.3 Å². The second-order valence-electron chi connectivity index (χ2n) is 7.42. The molecule has 3 fully saturated rings. The molecule has 0 aromatic carbocycles. The zero-order valence-corrected chi connectivity index (χ0v) is 14.2. The van der Waals surface area contributed by atoms with Crippen LogP contribution in [-0.2, 0) is 9.59 Å². The second kappa shape index (κ2) is 7.37. The molecule has 3 aliphatic rings. The van der Waals surface area contributed by atoms with E-state index in [-0.39, 0.29) is 24.3 Å². The molecular formula is C17H29N3O4. The quantitative estimate of drug-likeness (QED) is 0.625. The molecule has 24 heavy (non-hydrogen) atoms. The summed E-state index contributed by atoms with van der Waals surface area (Å²) in [7, 11) is 0. The Morgan fingerprint density at radius 3 is 2.67 bits per heavy atom. The van der Waals surface area contributed by atoms with Crippen LogP contribution in [0.4, 0.5) is 0 Å². The van der Waals surface area contributed by atoms with E-state index in [1.165, 1.54) is 0 Å². The molecule has 7 heteroatoms. The van der Waals surface area contributed by atoms with Gasteiger partial charge in [0, 0.05) is 32.1 Å². The molecule has 3 saturated heterocycles. The molecule has 0 unspecified atom stereocenters. The third kappa shape index (κ3) is 3.30. The highest BCUT2D eigenvalue weighted by molar-refractivity contribution is 5.86. The molecular weight excluding hydrogens is 310 g/mol. The first-order chi connectivity index (χ1) is 11.6. The minimum Gasteiger partial charge on any atom is -0.395 e. The number of aliphatic hydroxyl groups is 2. The van der Waals surface area contributed by atoms with Gasteiger partial charge in [0.15, 0.2) is 0 Å². The van der Waals surface area contributed by atoms with Gasteiger partial charge in [-0.3, -0.25) is 9.59 Å². The molecule has 0 aromatic heterocycles. The Morgan fingerprint density at radius 2 is 2.00 bits per heavy atom. The number of aliphatic hydroxyl groups excluding tert-OH is 2. The standard InChI is InChI=1S/C17H29N3O4/c21-11-10-19-7-2-13(3-8-19)15(23)20-9-4-14(22)17(12-20)5-1-6-18-16(17)24/h13-14,21-22H,1-12H2,(H,18,24)/t14-,17-/m1/s1. The number of carbonyl (C=O) groups is 2. The molecule has 7 nitrogen and oxygen atoms in total. The summed E-state index contributed by atoms with van der Waals surface area (Å²) in [6, 6.07) is 0. The Bertz CT molecular complexity index is 478. The number of piperidine rings is 3. The lowest BCUT2D eigenvalue weighted by Gasteiger charge is -2.47. The van der Waals surface area contributed by atoms with Gasteiger partial charge in [-0.15, -0.1) is 0 Å². The van der Waals surface area contributed by atoms with Gasteiger partial charge in [0.2, 0.25) is 11.8 Å². The lowest BCUT2D eigenvalue weighted by atomic mass is 9.71. The van der Waals surface area contributed by atoms with E-state index in [1.54, 1.807) is 0 Å². The summed E-state index contributed by atoms with van der Waals surface area (Å²) in [6.45, 7) is 4.02. The number of hydrogen-bond acceptors (Lipinski definition) is 5. The fourth-order valence-corrected chi connectivity index (χ4v) is 4.43. The van der Waals surface area contributed by atoms with E-state index in [0.29, 0.717) is 39.0 Å². The van der Waals surface area contributed by atoms with Crippen LogP contribution in [0.3, 0.4) is 0 Å². The first-order valence-electron chi connectivity index (χ1n) is 9.15. The van der Waals surface area contributed by atoms with Gasteiger partial charge in [0.1, 0.15) is 0 Å². The molecule has 2 atom stereocenters. The van der Waals surface area contributed by atoms with Gasteiger partial charge in [-0.25, -0.2) is 0 Å². The van der Waals surface area contributed by atoms with Gasteiger partial charge in [0.05, 0.1) is 18.1 Å². The molecule has 0 bridgehead atoms. The summed E-state index contributed by atoms with van der Waals surface area (Å²) in [5.41, 5.74) is -0.816. The van der Waals surface area contributed by atoms with E-state index >= 15 is 0 Å². The van der Waals surface area contributed by atoms with Gasteiger partial charge < -0.3 is 25.3 Å². The molecule has 136 valence electrons. The van der Waals surface area contributed by atoms with Crippen molar-refractivity contribution in [2.45, 2.75) is 38.2 Å². The van der Waals surface area contributed by atoms with Crippen molar-refractivity contribution >= 4 is 11.8 Å². The van der Waals surface area contributed by atoms with Crippen molar-refractivity contribution in [3.8, 4) is 0 Å². The zero-order valence-electron chi connectivity index (χ0n) is 14.2. The largest absolute Gasteiger partial charge is 0.395 e. The first-order valence-corrected chi connectivity index (χ1v) is 9.15. The maximum absolute atomic E-state index is 12.9. The molecule has 3 N–H and O–H groups in total. The summed E-state index contributed by atoms with van der Waals surface area (Å²) in [5, 5.41) is 22.3. The Labute approximate surface area is 143 Å². The lowest BCUT2D eigenvalue weighted by molar-refractivity contribution is -0.157. The smallest absolute Gasteiger partial charge is 0.230 e. The van der Waals surface area contributed by atoms with Crippen molar-refractivity contribution < 1.29 is 19.8 Å². The van der Waals surface area contributed by atoms with Gasteiger partial charge >= 0.3 is 0 Å². The highest BCUT2D eigenvalue weighted by atomic mass is 16.3. The Balaban J connectivity index is 1.62. The fourth-order valence-electron chi connectivity index (χ4n) is 4.43. The van der Waals surface area contributed by atoms with E-state index in [4.69, 9.17) is 5.11 Å². The van der Waals surface area contributed by atoms with Gasteiger partial charge in [-0.05, 0) is 45.2 Å². The molecule has 0 aromatic rings. The van der Waals surface area contributed by atoms with E-state index in [1.807, 2.05) is 4.90 Å². The van der Waals surface area contributed by atoms with Crippen molar-refractivity contribution in [1.82, 2.24) is 15.1 Å². The van der Waals surface area contributed by atoms with Gasteiger partial charge in [-0.1, -0.05) is 0 Å². The summed E-state index contributed by atoms with van der Waals surface area (Å²) in [5.74, 6) is 0.0266. The minimum absolute atomic E-state index is 0.00103. The average Bonchev–Trinajstić information content (AvgIpc) is 2.60. The SMILES string of the molecule is O=C(C1CCN(CCO)CC1)N1CC[C@@H](O)[C@@]2(CCCNC2=O)C1. The number of hydrogen-bond donors (Lipinski definition) is 3. The summed E-state index contributed by atoms with van der Waals surface area (Å²) < 4.78 is 0. The topological polar surface area (TPSA) is 93.1 Å². The molecule has 0 radical (unpaired) electrons. The van der Waals surface area contributed by atoms with Crippen LogP contribution < -0.4 is 5.32 Å². The van der Waals surface area contributed by atoms with Gasteiger partial charge in [-0.2, -0.15) is 0 Å². The number of nitrogens with one attached hydrogen (secondary N) is 1. The first kappa shape index (κ1) is 17.6. The van der Waals surface area contributed by atoms with Crippen molar-refractivity contribution in [3.63, 3.8) is 0 Å². The number of carbonyl (C=O) groups excluding carboxylic acids is 2. The normalized spacial score (nSPS) is 32.8. The van der Waals surface area contributed by atoms with E-state index < -0.39 is 11.5 Å². The van der Waals surface area contributed by atoms with Crippen LogP contribution in [0.2, 0.25) is 0 Å². The van der Waals surface area contributed by atoms with Crippen LogP contribution >= 0.6 is 0 Å². The molecule has 3 heterocycles. The molecule has 3 rings (SSSR count). The number of likely N-dealkylation sites (tertiary alicyclic amines) is 2. The third-order valence-corrected chi connectivity index (χ3v) is 5.99. The fraction of sp³-hybridized carbons (Fsp3) is 0.882. The Hall–Kier alpha value is -1.18. The molecule has 0 saturated carbocycles. The van der Waals surface area contributed by atoms with Crippen LogP contribution in [0.25, 0.3) is 0 Å². The van der Waals surface area contributed by atoms with E-state index in [9.17, 15) is 14.7 Å². The monoisotopic (exact) mass is 339 g/mol. The molecule has 1 spiro atoms. The van der Waals surface area contributed by atoms with Crippen LogP contribution in [0.1, 0.15) is 32.1 Å². The van der Waals surface area contributed by atoms with Gasteiger partial charge in [0.25, 0.3) is 0 Å². The van der Waals surface area contributed by atoms with Crippen LogP contribution in [0.15, 0.2) is 0 Å². The number of rotatable bonds is 3. The number of β-amino-alcohol motifs (C(OH)–C–C–N with tert-alkyl or cyclic N) is 1. The lowest BCUT2D eigenvalue weighted by Crippen LogP contribution is -2.62. The molecule has 2 amide bonds. The number of amides is 2. The Morgan fingerprint density at radius 1 is 1.25 bits per heavy atom. The molecule has 3 aliphatic heterocycles. The number of nitrogens with zero attached hydrogens (tertiary/aromatic N) is 2. The summed E-state index contributed by atoms with van der Waals surface area (Å²) >= 11 is 0. The molecule has 0 aliphatic carbocycles. The zero-order chi connectivity index (χ0) is 17.2. The Kier molecular flexibility index (Phi) is 5.42. The minimum atomic E-state index is -0.816. The highest BCUT2D eigenvalue weighted by Crippen LogP contribution is 2.38. The maximum Gasteiger partial charge on any atom is 0.230 e. The van der Waals surface area contributed by atoms with E-state index in [2.05, 4.69) is 10.2 Å². The average molecular weight is 339 g/mol. The van der Waals surface area contributed by atoms with E-state index in [0.717, 1.165) is 32.4 Å². The van der Waals surface area contributed by atoms with Crippen molar-refractivity contribution in [1.29, 1.82) is 0 Å². The van der Waals surface area contributed by atoms with Crippen LogP contribution in [0.5, 0.6) is 0 Å². The summed E-state index contributed by atoms with van der Waals surface area (Å²) in [6.07, 6.45) is 2.92. The van der Waals surface area contributed by atoms with Crippen molar-refractivity contribution in [3.05, 3.63) is 0 Å². The van der Waals surface area contributed by atoms with Crippen LogP contribution in [-0.4, -0.2) is 83.8 Å². The predicted molar refractivity (Wildman–Crippen MR) is 88.1 cm³/mol. The maximum atomic E-state index is 12.9. The predicted octanol–water partition coefficient (Wildman–Crippen LogP) is -0.820. The third-order valence-electron chi connectivity index (χ3n) is 5.99. The summed E-state index contributed by atoms with van der Waals surface area (Å²) in [4.78, 5) is 29.3. The van der Waals surface area contributed by atoms with Crippen LogP contribution in [0, 0.1) is 11.3 Å². The second-order valence-corrected chi connectivity index (χ2v) is 7.42.